The number of carbonyl (C=O) groups excluding carboxylic acids is 1. The molecule has 0 aromatic carbocycles. The van der Waals surface area contributed by atoms with Crippen LogP contribution >= 0.6 is 0 Å². The third-order valence-corrected chi connectivity index (χ3v) is 4.91. The Bertz CT molecular complexity index is 304. The maximum atomic E-state index is 12.3. The Morgan fingerprint density at radius 3 is 1.78 bits per heavy atom. The van der Waals surface area contributed by atoms with Gasteiger partial charge in [-0.2, -0.15) is 0 Å². The predicted molar refractivity (Wildman–Crippen MR) is 66.4 cm³/mol. The zero-order valence-electron chi connectivity index (χ0n) is 11.5. The SMILES string of the molecule is CC(C)(C)OC(=O)C1C2CC3CC(C2)CC1C3.[Au]. The first kappa shape index (κ1) is 14.6. The van der Waals surface area contributed by atoms with Crippen LogP contribution in [0.15, 0.2) is 0 Å². The van der Waals surface area contributed by atoms with Crippen LogP contribution in [-0.2, 0) is 31.9 Å². The Kier molecular flexibility index (Phi) is 4.02. The first-order valence-electron chi connectivity index (χ1n) is 7.15. The second-order valence-corrected chi connectivity index (χ2v) is 7.49. The van der Waals surface area contributed by atoms with Crippen molar-refractivity contribution in [2.75, 3.05) is 0 Å². The molecule has 2 nitrogen and oxygen atoms in total. The summed E-state index contributed by atoms with van der Waals surface area (Å²) in [5.41, 5.74) is -0.328. The summed E-state index contributed by atoms with van der Waals surface area (Å²) in [7, 11) is 0. The van der Waals surface area contributed by atoms with Gasteiger partial charge in [-0.1, -0.05) is 0 Å². The summed E-state index contributed by atoms with van der Waals surface area (Å²) in [6.45, 7) is 5.92. The Balaban J connectivity index is 0.00000120. The van der Waals surface area contributed by atoms with Crippen LogP contribution in [0, 0.1) is 29.6 Å². The molecule has 0 spiro atoms. The molecular formula is C15H24AuO2. The number of esters is 1. The van der Waals surface area contributed by atoms with Crippen molar-refractivity contribution in [3.8, 4) is 0 Å². The summed E-state index contributed by atoms with van der Waals surface area (Å²) >= 11 is 0. The van der Waals surface area contributed by atoms with Gasteiger partial charge in [0, 0.05) is 22.4 Å². The minimum absolute atomic E-state index is 0. The van der Waals surface area contributed by atoms with E-state index in [1.807, 2.05) is 20.8 Å². The molecule has 0 unspecified atom stereocenters. The molecule has 4 fully saturated rings. The van der Waals surface area contributed by atoms with Crippen LogP contribution in [0.4, 0.5) is 0 Å². The summed E-state index contributed by atoms with van der Waals surface area (Å²) in [4.78, 5) is 12.3. The third-order valence-electron chi connectivity index (χ3n) is 4.91. The third kappa shape index (κ3) is 2.71. The van der Waals surface area contributed by atoms with Gasteiger partial charge in [-0.25, -0.2) is 0 Å². The molecule has 4 saturated carbocycles. The summed E-state index contributed by atoms with van der Waals surface area (Å²) in [6.07, 6.45) is 6.59. The van der Waals surface area contributed by atoms with Crippen LogP contribution in [0.1, 0.15) is 52.9 Å². The topological polar surface area (TPSA) is 26.3 Å². The van der Waals surface area contributed by atoms with Crippen LogP contribution < -0.4 is 0 Å². The Morgan fingerprint density at radius 2 is 1.39 bits per heavy atom. The van der Waals surface area contributed by atoms with E-state index in [2.05, 4.69) is 0 Å². The van der Waals surface area contributed by atoms with Crippen LogP contribution in [-0.4, -0.2) is 11.6 Å². The summed E-state index contributed by atoms with van der Waals surface area (Å²) in [5, 5.41) is 0. The zero-order valence-corrected chi connectivity index (χ0v) is 13.7. The van der Waals surface area contributed by atoms with E-state index < -0.39 is 0 Å². The van der Waals surface area contributed by atoms with Gasteiger partial charge >= 0.3 is 5.97 Å². The molecule has 0 N–H and O–H groups in total. The molecule has 4 bridgehead atoms. The van der Waals surface area contributed by atoms with Crippen molar-refractivity contribution in [1.29, 1.82) is 0 Å². The smallest absolute Gasteiger partial charge is 0.310 e. The van der Waals surface area contributed by atoms with Gasteiger partial charge in [-0.15, -0.1) is 0 Å². The number of hydrogen-bond acceptors (Lipinski definition) is 2. The molecule has 0 aromatic heterocycles. The molecule has 4 aliphatic carbocycles. The van der Waals surface area contributed by atoms with Crippen molar-refractivity contribution in [3.63, 3.8) is 0 Å². The van der Waals surface area contributed by atoms with Crippen molar-refractivity contribution in [1.82, 2.24) is 0 Å². The molecule has 0 amide bonds. The van der Waals surface area contributed by atoms with Crippen LogP contribution in [0.25, 0.3) is 0 Å². The molecule has 0 aliphatic heterocycles. The first-order valence-corrected chi connectivity index (χ1v) is 7.15. The standard InChI is InChI=1S/C15H24O2.Au/c1-15(2,3)17-14(16)13-11-5-9-4-10(7-11)8-12(13)6-9;/h9-13H,4-8H2,1-3H3;. The molecule has 107 valence electrons. The normalized spacial score (nSPS) is 41.4. The average Bonchev–Trinajstić information content (AvgIpc) is 2.11. The van der Waals surface area contributed by atoms with Crippen molar-refractivity contribution >= 4 is 5.97 Å². The van der Waals surface area contributed by atoms with E-state index in [1.54, 1.807) is 0 Å². The second-order valence-electron chi connectivity index (χ2n) is 7.49. The van der Waals surface area contributed by atoms with Gasteiger partial charge < -0.3 is 4.74 Å². The number of rotatable bonds is 1. The van der Waals surface area contributed by atoms with Gasteiger partial charge in [-0.3, -0.25) is 4.79 Å². The van der Waals surface area contributed by atoms with Crippen molar-refractivity contribution < 1.29 is 31.9 Å². The van der Waals surface area contributed by atoms with E-state index in [1.165, 1.54) is 32.1 Å². The minimum atomic E-state index is -0.328. The molecule has 0 aromatic rings. The van der Waals surface area contributed by atoms with Gasteiger partial charge in [0.2, 0.25) is 0 Å². The minimum Gasteiger partial charge on any atom is -0.460 e. The average molecular weight is 433 g/mol. The number of hydrogen-bond donors (Lipinski definition) is 0. The van der Waals surface area contributed by atoms with Crippen molar-refractivity contribution in [3.05, 3.63) is 0 Å². The largest absolute Gasteiger partial charge is 0.460 e. The Labute approximate surface area is 126 Å². The molecule has 18 heavy (non-hydrogen) atoms. The summed E-state index contributed by atoms with van der Waals surface area (Å²) < 4.78 is 5.62. The predicted octanol–water partition coefficient (Wildman–Crippen LogP) is 3.40. The molecule has 4 aliphatic rings. The summed E-state index contributed by atoms with van der Waals surface area (Å²) in [6, 6.07) is 0. The maximum Gasteiger partial charge on any atom is 0.310 e. The number of carbonyl (C=O) groups is 1. The van der Waals surface area contributed by atoms with Crippen LogP contribution in [0.5, 0.6) is 0 Å². The van der Waals surface area contributed by atoms with E-state index in [0.717, 1.165) is 11.8 Å². The van der Waals surface area contributed by atoms with Gasteiger partial charge in [0.25, 0.3) is 0 Å². The first-order chi connectivity index (χ1) is 7.92. The van der Waals surface area contributed by atoms with Gasteiger partial charge in [0.1, 0.15) is 5.60 Å². The molecule has 1 radical (unpaired) electrons. The van der Waals surface area contributed by atoms with E-state index in [4.69, 9.17) is 4.74 Å². The van der Waals surface area contributed by atoms with Crippen molar-refractivity contribution in [2.24, 2.45) is 29.6 Å². The summed E-state index contributed by atoms with van der Waals surface area (Å²) in [5.74, 6) is 3.45. The molecule has 0 heterocycles. The fraction of sp³-hybridized carbons (Fsp3) is 0.933. The van der Waals surface area contributed by atoms with Crippen molar-refractivity contribution in [2.45, 2.75) is 58.5 Å². The molecule has 0 saturated heterocycles. The number of ether oxygens (including phenoxy) is 1. The van der Waals surface area contributed by atoms with Gasteiger partial charge in [0.05, 0.1) is 5.92 Å². The fourth-order valence-electron chi connectivity index (χ4n) is 4.68. The Hall–Kier alpha value is 0.210. The molecule has 4 rings (SSSR count). The Morgan fingerprint density at radius 1 is 0.944 bits per heavy atom. The van der Waals surface area contributed by atoms with Crippen LogP contribution in [0.3, 0.4) is 0 Å². The van der Waals surface area contributed by atoms with Gasteiger partial charge in [-0.05, 0) is 76.5 Å². The fourth-order valence-corrected chi connectivity index (χ4v) is 4.68. The maximum absolute atomic E-state index is 12.3. The second kappa shape index (κ2) is 4.96. The van der Waals surface area contributed by atoms with E-state index in [0.29, 0.717) is 11.8 Å². The van der Waals surface area contributed by atoms with Crippen LogP contribution in [0.2, 0.25) is 0 Å². The molecule has 3 heteroatoms. The van der Waals surface area contributed by atoms with E-state index in [9.17, 15) is 4.79 Å². The van der Waals surface area contributed by atoms with E-state index >= 15 is 0 Å². The zero-order chi connectivity index (χ0) is 12.2. The molecule has 0 atom stereocenters. The van der Waals surface area contributed by atoms with Gasteiger partial charge in [0.15, 0.2) is 0 Å². The molecular weight excluding hydrogens is 409 g/mol. The van der Waals surface area contributed by atoms with E-state index in [-0.39, 0.29) is 39.9 Å². The monoisotopic (exact) mass is 433 g/mol. The quantitative estimate of drug-likeness (QED) is 0.468.